The largest absolute Gasteiger partial charge is 0.361 e. The van der Waals surface area contributed by atoms with E-state index in [2.05, 4.69) is 64.8 Å². The van der Waals surface area contributed by atoms with E-state index in [0.717, 1.165) is 54.9 Å². The van der Waals surface area contributed by atoms with Gasteiger partial charge < -0.3 is 29.9 Å². The van der Waals surface area contributed by atoms with Gasteiger partial charge in [-0.15, -0.1) is 0 Å². The predicted molar refractivity (Wildman–Crippen MR) is 241 cm³/mol. The van der Waals surface area contributed by atoms with Gasteiger partial charge in [-0.2, -0.15) is 0 Å². The van der Waals surface area contributed by atoms with Crippen LogP contribution in [0.4, 0.5) is 0 Å². The molecule has 0 fully saturated rings. The molecule has 0 amide bonds. The highest BCUT2D eigenvalue weighted by atomic mass is 14.8. The first kappa shape index (κ1) is 39.5. The molecule has 294 valence electrons. The van der Waals surface area contributed by atoms with Crippen LogP contribution in [-0.4, -0.2) is 64.8 Å². The maximum Gasteiger partial charge on any atom is 0.137 e. The highest BCUT2D eigenvalue weighted by Gasteiger charge is 1.92. The van der Waals surface area contributed by atoms with E-state index in [9.17, 15) is 0 Å². The van der Waals surface area contributed by atoms with E-state index >= 15 is 0 Å². The monoisotopic (exact) mass is 787 g/mol. The van der Waals surface area contributed by atoms with Crippen molar-refractivity contribution in [3.63, 3.8) is 0 Å². The summed E-state index contributed by atoms with van der Waals surface area (Å²) in [4.78, 5) is 46.1. The molecule has 0 unspecified atom stereocenters. The molecule has 13 aromatic rings. The van der Waals surface area contributed by atoms with Crippen LogP contribution in [0.25, 0.3) is 65.7 Å². The zero-order valence-electron chi connectivity index (χ0n) is 32.3. The zero-order valence-corrected chi connectivity index (χ0v) is 32.3. The Balaban J connectivity index is 0.000000106. The average Bonchev–Trinajstić information content (AvgIpc) is 4.19. The first-order chi connectivity index (χ1) is 29.8. The maximum absolute atomic E-state index is 4.09. The number of nitrogens with zero attached hydrogens (tertiary/aromatic N) is 7. The topological polar surface area (TPSA) is 185 Å². The highest BCUT2D eigenvalue weighted by molar-refractivity contribution is 5.80. The standard InChI is InChI=1S/6C7H6N2.C5H5N/c2*1-4-9-7-2-3-8-5-6(1)7;2*1-3-8-5-7-6(1)2-4-9-7;2*1-2-6-3-5-9-7(6)8-4-1;1-2-4-6-5-3-1/h4*1-5,9H;2*1-5H,(H,8,9);1-5H. The average molecular weight is 788 g/mol. The Morgan fingerprint density at radius 3 is 1.05 bits per heavy atom. The lowest BCUT2D eigenvalue weighted by Crippen LogP contribution is -1.70. The van der Waals surface area contributed by atoms with Gasteiger partial charge >= 0.3 is 0 Å². The summed E-state index contributed by atoms with van der Waals surface area (Å²) < 4.78 is 0. The summed E-state index contributed by atoms with van der Waals surface area (Å²) in [6.07, 6.45) is 32.9. The third kappa shape index (κ3) is 11.7. The molecule has 13 nitrogen and oxygen atoms in total. The molecule has 13 heteroatoms. The van der Waals surface area contributed by atoms with Crippen LogP contribution < -0.4 is 0 Å². The second-order valence-corrected chi connectivity index (χ2v) is 12.6. The number of rotatable bonds is 0. The number of hydrogen-bond acceptors (Lipinski definition) is 7. The third-order valence-corrected chi connectivity index (χ3v) is 8.63. The first-order valence-corrected chi connectivity index (χ1v) is 18.9. The van der Waals surface area contributed by atoms with E-state index in [1.54, 1.807) is 49.6 Å². The van der Waals surface area contributed by atoms with E-state index in [0.29, 0.717) is 0 Å². The van der Waals surface area contributed by atoms with E-state index < -0.39 is 0 Å². The molecular weight excluding hydrogens is 747 g/mol. The molecule has 0 aliphatic rings. The van der Waals surface area contributed by atoms with Crippen LogP contribution in [0.1, 0.15) is 0 Å². The Hall–Kier alpha value is -8.71. The van der Waals surface area contributed by atoms with Crippen LogP contribution in [0.5, 0.6) is 0 Å². The van der Waals surface area contributed by atoms with Gasteiger partial charge in [0.25, 0.3) is 0 Å². The molecule has 60 heavy (non-hydrogen) atoms. The van der Waals surface area contributed by atoms with Crippen molar-refractivity contribution in [1.82, 2.24) is 64.8 Å². The van der Waals surface area contributed by atoms with Crippen molar-refractivity contribution in [2.75, 3.05) is 0 Å². The van der Waals surface area contributed by atoms with Gasteiger partial charge in [0.05, 0.1) is 23.4 Å². The normalized spacial score (nSPS) is 10.0. The Morgan fingerprint density at radius 2 is 0.650 bits per heavy atom. The summed E-state index contributed by atoms with van der Waals surface area (Å²) in [6, 6.07) is 33.5. The lowest BCUT2D eigenvalue weighted by molar-refractivity contribution is 1.33. The second kappa shape index (κ2) is 21.6. The summed E-state index contributed by atoms with van der Waals surface area (Å²) in [5, 5.41) is 7.08. The molecular formula is C47H41N13. The Morgan fingerprint density at radius 1 is 0.250 bits per heavy atom. The van der Waals surface area contributed by atoms with Crippen molar-refractivity contribution in [2.45, 2.75) is 0 Å². The number of aromatic amines is 6. The van der Waals surface area contributed by atoms with Gasteiger partial charge in [0, 0.05) is 143 Å². The SMILES string of the molecule is c1cc2[nH]ccc2cn1.c1cc2[nH]ccc2cn1.c1cc2cc[nH]c2cn1.c1cc2cc[nH]c2cn1.c1ccncc1.c1cnc2[nH]ccc2c1.c1cnc2[nH]ccc2c1. The van der Waals surface area contributed by atoms with Crippen LogP contribution in [0.2, 0.25) is 0 Å². The molecule has 0 bridgehead atoms. The minimum Gasteiger partial charge on any atom is -0.361 e. The zero-order chi connectivity index (χ0) is 40.9. The van der Waals surface area contributed by atoms with Crippen molar-refractivity contribution in [3.05, 3.63) is 215 Å². The van der Waals surface area contributed by atoms with Gasteiger partial charge in [0.2, 0.25) is 0 Å². The van der Waals surface area contributed by atoms with Crippen LogP contribution in [0.15, 0.2) is 215 Å². The number of aromatic nitrogens is 13. The quantitative estimate of drug-likeness (QED) is 0.0883. The van der Waals surface area contributed by atoms with Crippen molar-refractivity contribution < 1.29 is 0 Å². The van der Waals surface area contributed by atoms with Gasteiger partial charge in [0.15, 0.2) is 0 Å². The van der Waals surface area contributed by atoms with Crippen LogP contribution >= 0.6 is 0 Å². The molecule has 0 saturated heterocycles. The van der Waals surface area contributed by atoms with E-state index in [-0.39, 0.29) is 0 Å². The molecule has 0 aliphatic heterocycles. The maximum atomic E-state index is 4.09. The molecule has 0 radical (unpaired) electrons. The van der Waals surface area contributed by atoms with E-state index in [1.165, 1.54) is 10.8 Å². The molecule has 13 rings (SSSR count). The minimum absolute atomic E-state index is 0.956. The molecule has 6 N–H and O–H groups in total. The second-order valence-electron chi connectivity index (χ2n) is 12.6. The lowest BCUT2D eigenvalue weighted by atomic mass is 10.3. The van der Waals surface area contributed by atoms with Crippen molar-refractivity contribution in [3.8, 4) is 0 Å². The van der Waals surface area contributed by atoms with E-state index in [4.69, 9.17) is 0 Å². The fourth-order valence-corrected chi connectivity index (χ4v) is 5.65. The molecule has 13 heterocycles. The number of pyridine rings is 7. The van der Waals surface area contributed by atoms with Gasteiger partial charge in [0.1, 0.15) is 11.3 Å². The summed E-state index contributed by atoms with van der Waals surface area (Å²) in [5.74, 6) is 0. The minimum atomic E-state index is 0.956. The van der Waals surface area contributed by atoms with Gasteiger partial charge in [-0.05, 0) is 97.1 Å². The summed E-state index contributed by atoms with van der Waals surface area (Å²) in [6.45, 7) is 0. The van der Waals surface area contributed by atoms with Crippen LogP contribution in [0.3, 0.4) is 0 Å². The summed E-state index contributed by atoms with van der Waals surface area (Å²) in [5.41, 5.74) is 6.39. The Bertz CT molecular complexity index is 2440. The number of nitrogens with one attached hydrogen (secondary N) is 6. The van der Waals surface area contributed by atoms with Crippen LogP contribution in [0, 0.1) is 0 Å². The van der Waals surface area contributed by atoms with Crippen molar-refractivity contribution in [2.24, 2.45) is 0 Å². The van der Waals surface area contributed by atoms with Gasteiger partial charge in [-0.1, -0.05) is 6.07 Å². The lowest BCUT2D eigenvalue weighted by Gasteiger charge is -1.82. The molecule has 0 saturated carbocycles. The van der Waals surface area contributed by atoms with Crippen LogP contribution in [-0.2, 0) is 0 Å². The molecule has 13 aromatic heterocycles. The molecule has 0 aromatic carbocycles. The Kier molecular flexibility index (Phi) is 14.2. The molecule has 0 spiro atoms. The van der Waals surface area contributed by atoms with Crippen molar-refractivity contribution in [1.29, 1.82) is 0 Å². The number of fused-ring (bicyclic) bond motifs is 6. The van der Waals surface area contributed by atoms with Crippen molar-refractivity contribution >= 4 is 65.7 Å². The molecule has 0 atom stereocenters. The number of H-pyrrole nitrogens is 6. The Labute approximate surface area is 344 Å². The summed E-state index contributed by atoms with van der Waals surface area (Å²) >= 11 is 0. The molecule has 0 aliphatic carbocycles. The third-order valence-electron chi connectivity index (χ3n) is 8.63. The predicted octanol–water partition coefficient (Wildman–Crippen LogP) is 10.5. The smallest absolute Gasteiger partial charge is 0.137 e. The fraction of sp³-hybridized carbons (Fsp3) is 0. The highest BCUT2D eigenvalue weighted by Crippen LogP contribution is 2.10. The number of hydrogen-bond donors (Lipinski definition) is 6. The van der Waals surface area contributed by atoms with E-state index in [1.807, 2.05) is 165 Å². The summed E-state index contributed by atoms with van der Waals surface area (Å²) in [7, 11) is 0. The van der Waals surface area contributed by atoms with Gasteiger partial charge in [-0.3, -0.25) is 24.9 Å². The first-order valence-electron chi connectivity index (χ1n) is 18.9. The van der Waals surface area contributed by atoms with Gasteiger partial charge in [-0.25, -0.2) is 9.97 Å². The fourth-order valence-electron chi connectivity index (χ4n) is 5.65.